The predicted octanol–water partition coefficient (Wildman–Crippen LogP) is 7.04. The van der Waals surface area contributed by atoms with E-state index >= 15 is 0 Å². The average molecular weight is 688 g/mol. The number of alkyl halides is 12. The molecule has 0 radical (unpaired) electrons. The maximum atomic E-state index is 13.4. The van der Waals surface area contributed by atoms with Crippen LogP contribution in [0.3, 0.4) is 0 Å². The van der Waals surface area contributed by atoms with Crippen LogP contribution in [0, 0.1) is 0 Å². The van der Waals surface area contributed by atoms with Gasteiger partial charge in [-0.15, -0.1) is 0 Å². The topological polar surface area (TPSA) is 125 Å². The van der Waals surface area contributed by atoms with Crippen LogP contribution in [0.2, 0.25) is 0 Å². The summed E-state index contributed by atoms with van der Waals surface area (Å²) in [5.41, 5.74) is -1.02. The third-order valence-electron chi connectivity index (χ3n) is 5.38. The SMILES string of the molecule is O=C(CC(=NNc1nc(NN=C(CC(=O)C(F)(F)F)C(F)(F)F)nc(N(c2ccccc2)c2ccccc2)n1)C(F)(F)F)C(F)(F)F. The van der Waals surface area contributed by atoms with E-state index in [-0.39, 0.29) is 11.4 Å². The maximum absolute atomic E-state index is 13.4. The molecule has 0 spiro atoms. The van der Waals surface area contributed by atoms with E-state index in [0.717, 1.165) is 0 Å². The van der Waals surface area contributed by atoms with Crippen molar-refractivity contribution in [1.82, 2.24) is 15.0 Å². The van der Waals surface area contributed by atoms with Crippen LogP contribution in [0.25, 0.3) is 0 Å². The Balaban J connectivity index is 2.18. The largest absolute Gasteiger partial charge is 0.450 e. The van der Waals surface area contributed by atoms with E-state index in [4.69, 9.17) is 0 Å². The lowest BCUT2D eigenvalue weighted by atomic mass is 10.2. The van der Waals surface area contributed by atoms with Crippen molar-refractivity contribution in [1.29, 1.82) is 0 Å². The number of carbonyl (C=O) groups is 2. The highest BCUT2D eigenvalue weighted by atomic mass is 19.4. The summed E-state index contributed by atoms with van der Waals surface area (Å²) in [4.78, 5) is 34.7. The van der Waals surface area contributed by atoms with E-state index in [0.29, 0.717) is 0 Å². The number of nitrogens with zero attached hydrogens (tertiary/aromatic N) is 6. The monoisotopic (exact) mass is 688 g/mol. The molecule has 0 aliphatic carbocycles. The molecule has 10 nitrogen and oxygen atoms in total. The Morgan fingerprint density at radius 1 is 0.553 bits per heavy atom. The van der Waals surface area contributed by atoms with E-state index in [1.54, 1.807) is 23.0 Å². The van der Waals surface area contributed by atoms with Gasteiger partial charge in [0, 0.05) is 11.4 Å². The second-order valence-corrected chi connectivity index (χ2v) is 8.82. The quantitative estimate of drug-likeness (QED) is 0.125. The van der Waals surface area contributed by atoms with E-state index in [1.807, 2.05) is 0 Å². The third kappa shape index (κ3) is 10.4. The van der Waals surface area contributed by atoms with Gasteiger partial charge in [0.05, 0.1) is 12.8 Å². The number of benzene rings is 2. The molecular weight excluding hydrogens is 672 g/mol. The second kappa shape index (κ2) is 14.0. The molecule has 0 atom stereocenters. The summed E-state index contributed by atoms with van der Waals surface area (Å²) >= 11 is 0. The molecule has 0 amide bonds. The van der Waals surface area contributed by atoms with E-state index in [9.17, 15) is 62.3 Å². The maximum Gasteiger partial charge on any atom is 0.450 e. The third-order valence-corrected chi connectivity index (χ3v) is 5.38. The summed E-state index contributed by atoms with van der Waals surface area (Å²) in [6.07, 6.45) is -27.1. The molecule has 252 valence electrons. The minimum absolute atomic E-state index is 0.229. The molecule has 2 N–H and O–H groups in total. The van der Waals surface area contributed by atoms with Crippen LogP contribution in [0.1, 0.15) is 12.8 Å². The van der Waals surface area contributed by atoms with Crippen molar-refractivity contribution in [3.05, 3.63) is 60.7 Å². The number of rotatable bonds is 11. The first-order valence-corrected chi connectivity index (χ1v) is 12.3. The number of hydrogen-bond acceptors (Lipinski definition) is 10. The zero-order chi connectivity index (χ0) is 35.2. The molecule has 1 heterocycles. The van der Waals surface area contributed by atoms with Gasteiger partial charge >= 0.3 is 24.7 Å². The smallest absolute Gasteiger partial charge is 0.289 e. The minimum Gasteiger partial charge on any atom is -0.289 e. The van der Waals surface area contributed by atoms with Crippen LogP contribution in [-0.4, -0.2) is 62.6 Å². The Morgan fingerprint density at radius 3 is 1.19 bits per heavy atom. The first-order chi connectivity index (χ1) is 21.7. The molecule has 2 aromatic carbocycles. The van der Waals surface area contributed by atoms with Crippen molar-refractivity contribution in [3.63, 3.8) is 0 Å². The summed E-state index contributed by atoms with van der Waals surface area (Å²) in [6, 6.07) is 15.0. The lowest BCUT2D eigenvalue weighted by Crippen LogP contribution is -2.32. The van der Waals surface area contributed by atoms with Crippen molar-refractivity contribution in [2.45, 2.75) is 37.5 Å². The molecule has 3 aromatic rings. The zero-order valence-electron chi connectivity index (χ0n) is 22.7. The normalized spacial score (nSPS) is 13.3. The van der Waals surface area contributed by atoms with Gasteiger partial charge in [0.25, 0.3) is 0 Å². The lowest BCUT2D eigenvalue weighted by Gasteiger charge is -2.23. The van der Waals surface area contributed by atoms with Crippen LogP contribution in [0.5, 0.6) is 0 Å². The van der Waals surface area contributed by atoms with Gasteiger partial charge in [0.1, 0.15) is 11.4 Å². The standard InChI is InChI=1S/C25H16F12N8O2/c26-22(27,28)15(11-17(46)24(32,33)34)41-43-19-38-20(44-42-16(23(29,30)31)12-18(47)25(35,36)37)40-21(39-19)45(13-7-3-1-4-8-13)14-9-5-2-6-10-14/h1-10H,11-12H2,(H2,38,39,40,43,44). The lowest BCUT2D eigenvalue weighted by molar-refractivity contribution is -0.170. The zero-order valence-corrected chi connectivity index (χ0v) is 22.7. The molecule has 0 bridgehead atoms. The number of para-hydroxylation sites is 2. The molecule has 3 rings (SSSR count). The number of nitrogens with one attached hydrogen (secondary N) is 2. The van der Waals surface area contributed by atoms with Crippen molar-refractivity contribution < 1.29 is 62.3 Å². The van der Waals surface area contributed by atoms with Gasteiger partial charge in [-0.05, 0) is 24.3 Å². The number of ketones is 2. The molecular formula is C25H16F12N8O2. The second-order valence-electron chi connectivity index (χ2n) is 8.82. The van der Waals surface area contributed by atoms with E-state index in [2.05, 4.69) is 25.2 Å². The molecule has 0 fully saturated rings. The van der Waals surface area contributed by atoms with E-state index in [1.165, 1.54) is 53.4 Å². The van der Waals surface area contributed by atoms with Crippen molar-refractivity contribution in [2.75, 3.05) is 15.8 Å². The number of halogens is 12. The van der Waals surface area contributed by atoms with Crippen LogP contribution < -0.4 is 15.8 Å². The number of hydrogen-bond donors (Lipinski definition) is 2. The Bertz CT molecular complexity index is 1510. The number of hydrazone groups is 2. The number of aromatic nitrogens is 3. The first-order valence-electron chi connectivity index (χ1n) is 12.3. The van der Waals surface area contributed by atoms with Gasteiger partial charge in [0.2, 0.25) is 29.4 Å². The number of anilines is 5. The molecule has 1 aromatic heterocycles. The van der Waals surface area contributed by atoms with Crippen LogP contribution >= 0.6 is 0 Å². The van der Waals surface area contributed by atoms with Crippen LogP contribution in [0.4, 0.5) is 81.9 Å². The molecule has 0 aliphatic rings. The van der Waals surface area contributed by atoms with Gasteiger partial charge in [-0.1, -0.05) is 36.4 Å². The summed E-state index contributed by atoms with van der Waals surface area (Å²) in [6.45, 7) is 0. The fourth-order valence-corrected chi connectivity index (χ4v) is 3.24. The van der Waals surface area contributed by atoms with Crippen molar-refractivity contribution in [3.8, 4) is 0 Å². The molecule has 0 unspecified atom stereocenters. The fraction of sp³-hybridized carbons (Fsp3) is 0.240. The van der Waals surface area contributed by atoms with Gasteiger partial charge < -0.3 is 0 Å². The highest BCUT2D eigenvalue weighted by Gasteiger charge is 2.46. The Hall–Kier alpha value is -5.31. The minimum atomic E-state index is -5.67. The van der Waals surface area contributed by atoms with Gasteiger partial charge in [-0.3, -0.25) is 14.5 Å². The number of Topliss-reactive ketones (excluding diaryl/α,β-unsaturated/α-hetero) is 2. The highest BCUT2D eigenvalue weighted by molar-refractivity contribution is 6.07. The van der Waals surface area contributed by atoms with E-state index < -0.39 is 78.4 Å². The summed E-state index contributed by atoms with van der Waals surface area (Å²) < 4.78 is 156. The molecule has 47 heavy (non-hydrogen) atoms. The van der Waals surface area contributed by atoms with Crippen LogP contribution in [-0.2, 0) is 9.59 Å². The highest BCUT2D eigenvalue weighted by Crippen LogP contribution is 2.33. The first kappa shape index (κ1) is 36.2. The molecule has 0 saturated carbocycles. The molecule has 0 saturated heterocycles. The fourth-order valence-electron chi connectivity index (χ4n) is 3.24. The number of carbonyl (C=O) groups excluding carboxylic acids is 2. The predicted molar refractivity (Wildman–Crippen MR) is 140 cm³/mol. The van der Waals surface area contributed by atoms with Gasteiger partial charge in [0.15, 0.2) is 0 Å². The Morgan fingerprint density at radius 2 is 0.894 bits per heavy atom. The molecule has 0 aliphatic heterocycles. The van der Waals surface area contributed by atoms with Crippen molar-refractivity contribution in [2.24, 2.45) is 10.2 Å². The van der Waals surface area contributed by atoms with Crippen LogP contribution in [0.15, 0.2) is 70.9 Å². The average Bonchev–Trinajstić information content (AvgIpc) is 2.96. The van der Waals surface area contributed by atoms with Crippen molar-refractivity contribution >= 4 is 52.2 Å². The summed E-state index contributed by atoms with van der Waals surface area (Å²) in [7, 11) is 0. The Labute approximate surface area is 254 Å². The molecule has 22 heteroatoms. The Kier molecular flexibility index (Phi) is 10.8. The summed E-state index contributed by atoms with van der Waals surface area (Å²) in [5.74, 6) is -8.41. The summed E-state index contributed by atoms with van der Waals surface area (Å²) in [5, 5.41) is 5.49. The van der Waals surface area contributed by atoms with Gasteiger partial charge in [-0.25, -0.2) is 10.9 Å². The van der Waals surface area contributed by atoms with Gasteiger partial charge in [-0.2, -0.15) is 77.8 Å².